The molecule has 0 unspecified atom stereocenters. The molecule has 2 nitrogen and oxygen atoms in total. The Balaban J connectivity index is 2.43. The van der Waals surface area contributed by atoms with E-state index in [1.807, 2.05) is 12.1 Å². The number of rotatable bonds is 2. The van der Waals surface area contributed by atoms with Gasteiger partial charge < -0.3 is 10.6 Å². The molecule has 0 bridgehead atoms. The molecule has 4 heteroatoms. The van der Waals surface area contributed by atoms with Crippen molar-refractivity contribution in [1.82, 2.24) is 0 Å². The number of anilines is 3. The molecule has 0 spiro atoms. The fourth-order valence-corrected chi connectivity index (χ4v) is 1.78. The lowest BCUT2D eigenvalue weighted by atomic mass is 10.2. The van der Waals surface area contributed by atoms with Crippen molar-refractivity contribution in [3.63, 3.8) is 0 Å². The van der Waals surface area contributed by atoms with Crippen LogP contribution in [0, 0.1) is 5.82 Å². The summed E-state index contributed by atoms with van der Waals surface area (Å²) in [6.45, 7) is 0. The number of nitrogens with zero attached hydrogens (tertiary/aromatic N) is 1. The first kappa shape index (κ1) is 11.7. The van der Waals surface area contributed by atoms with E-state index >= 15 is 0 Å². The molecule has 0 saturated heterocycles. The Kier molecular flexibility index (Phi) is 3.20. The van der Waals surface area contributed by atoms with Gasteiger partial charge in [-0.1, -0.05) is 17.7 Å². The van der Waals surface area contributed by atoms with Gasteiger partial charge in [0.1, 0.15) is 5.82 Å². The van der Waals surface area contributed by atoms with Gasteiger partial charge >= 0.3 is 0 Å². The van der Waals surface area contributed by atoms with Crippen molar-refractivity contribution in [2.24, 2.45) is 0 Å². The summed E-state index contributed by atoms with van der Waals surface area (Å²) < 4.78 is 13.7. The van der Waals surface area contributed by atoms with Crippen LogP contribution in [0.1, 0.15) is 0 Å². The summed E-state index contributed by atoms with van der Waals surface area (Å²) in [4.78, 5) is 1.71. The molecule has 0 aliphatic heterocycles. The molecule has 0 radical (unpaired) electrons. The van der Waals surface area contributed by atoms with Crippen LogP contribution in [0.25, 0.3) is 0 Å². The van der Waals surface area contributed by atoms with E-state index in [1.165, 1.54) is 12.1 Å². The van der Waals surface area contributed by atoms with E-state index in [0.717, 1.165) is 5.69 Å². The summed E-state index contributed by atoms with van der Waals surface area (Å²) in [5.41, 5.74) is 7.56. The predicted octanol–water partition coefficient (Wildman–Crippen LogP) is 3.83. The Morgan fingerprint density at radius 1 is 1.18 bits per heavy atom. The van der Waals surface area contributed by atoms with E-state index in [2.05, 4.69) is 0 Å². The van der Waals surface area contributed by atoms with E-state index < -0.39 is 0 Å². The Hall–Kier alpha value is -1.74. The predicted molar refractivity (Wildman–Crippen MR) is 70.3 cm³/mol. The van der Waals surface area contributed by atoms with E-state index in [-0.39, 0.29) is 5.82 Å². The first-order valence-corrected chi connectivity index (χ1v) is 5.50. The van der Waals surface area contributed by atoms with Crippen LogP contribution in [0.15, 0.2) is 42.5 Å². The van der Waals surface area contributed by atoms with Gasteiger partial charge in [0, 0.05) is 23.4 Å². The maximum atomic E-state index is 13.7. The van der Waals surface area contributed by atoms with Gasteiger partial charge in [-0.05, 0) is 36.4 Å². The number of halogens is 2. The number of hydrogen-bond donors (Lipinski definition) is 1. The largest absolute Gasteiger partial charge is 0.399 e. The fraction of sp³-hybridized carbons (Fsp3) is 0.0769. The quantitative estimate of drug-likeness (QED) is 0.821. The van der Waals surface area contributed by atoms with Crippen molar-refractivity contribution in [3.05, 3.63) is 53.3 Å². The van der Waals surface area contributed by atoms with Crippen LogP contribution in [-0.4, -0.2) is 7.05 Å². The zero-order valence-corrected chi connectivity index (χ0v) is 10.1. The molecule has 2 aromatic rings. The molecular weight excluding hydrogens is 239 g/mol. The van der Waals surface area contributed by atoms with Gasteiger partial charge in [-0.15, -0.1) is 0 Å². The van der Waals surface area contributed by atoms with Crippen molar-refractivity contribution in [3.8, 4) is 0 Å². The van der Waals surface area contributed by atoms with Gasteiger partial charge in [0.05, 0.1) is 5.69 Å². The third-order valence-electron chi connectivity index (χ3n) is 2.53. The monoisotopic (exact) mass is 250 g/mol. The molecule has 2 rings (SSSR count). The topological polar surface area (TPSA) is 29.3 Å². The summed E-state index contributed by atoms with van der Waals surface area (Å²) in [7, 11) is 1.77. The van der Waals surface area contributed by atoms with E-state index in [4.69, 9.17) is 17.3 Å². The molecule has 2 N–H and O–H groups in total. The maximum absolute atomic E-state index is 13.7. The maximum Gasteiger partial charge on any atom is 0.146 e. The highest BCUT2D eigenvalue weighted by atomic mass is 35.5. The van der Waals surface area contributed by atoms with Crippen LogP contribution in [0.4, 0.5) is 21.5 Å². The number of nitrogen functional groups attached to an aromatic ring is 1. The van der Waals surface area contributed by atoms with Gasteiger partial charge in [0.25, 0.3) is 0 Å². The molecule has 0 aromatic heterocycles. The number of benzene rings is 2. The Morgan fingerprint density at radius 2 is 1.94 bits per heavy atom. The van der Waals surface area contributed by atoms with Crippen molar-refractivity contribution in [1.29, 1.82) is 0 Å². The van der Waals surface area contributed by atoms with Crippen molar-refractivity contribution >= 4 is 28.7 Å². The van der Waals surface area contributed by atoms with Gasteiger partial charge in [-0.2, -0.15) is 0 Å². The molecule has 0 fully saturated rings. The lowest BCUT2D eigenvalue weighted by Gasteiger charge is -2.20. The van der Waals surface area contributed by atoms with Crippen LogP contribution in [-0.2, 0) is 0 Å². The number of nitrogens with two attached hydrogens (primary N) is 1. The summed E-state index contributed by atoms with van der Waals surface area (Å²) >= 11 is 5.86. The van der Waals surface area contributed by atoms with Gasteiger partial charge in [0.15, 0.2) is 0 Å². The Morgan fingerprint density at radius 3 is 2.65 bits per heavy atom. The Labute approximate surface area is 104 Å². The van der Waals surface area contributed by atoms with Crippen LogP contribution < -0.4 is 10.6 Å². The summed E-state index contributed by atoms with van der Waals surface area (Å²) in [6, 6.07) is 11.7. The van der Waals surface area contributed by atoms with Gasteiger partial charge in [-0.3, -0.25) is 0 Å². The molecule has 0 aliphatic rings. The highest BCUT2D eigenvalue weighted by Crippen LogP contribution is 2.29. The van der Waals surface area contributed by atoms with E-state index in [9.17, 15) is 4.39 Å². The SMILES string of the molecule is CN(c1cccc(N)c1)c1cc(Cl)ccc1F. The second-order valence-corrected chi connectivity index (χ2v) is 4.19. The van der Waals surface area contributed by atoms with Gasteiger partial charge in [0.2, 0.25) is 0 Å². The van der Waals surface area contributed by atoms with E-state index in [1.54, 1.807) is 30.1 Å². The van der Waals surface area contributed by atoms with Crippen LogP contribution >= 0.6 is 11.6 Å². The third kappa shape index (κ3) is 2.50. The second-order valence-electron chi connectivity index (χ2n) is 3.75. The van der Waals surface area contributed by atoms with Crippen molar-refractivity contribution in [2.75, 3.05) is 17.7 Å². The molecule has 2 aromatic carbocycles. The lowest BCUT2D eigenvalue weighted by Crippen LogP contribution is -2.11. The smallest absolute Gasteiger partial charge is 0.146 e. The normalized spacial score (nSPS) is 10.3. The van der Waals surface area contributed by atoms with Crippen LogP contribution in [0.3, 0.4) is 0 Å². The zero-order valence-electron chi connectivity index (χ0n) is 9.32. The van der Waals surface area contributed by atoms with Crippen LogP contribution in [0.2, 0.25) is 5.02 Å². The second kappa shape index (κ2) is 4.63. The zero-order chi connectivity index (χ0) is 12.4. The summed E-state index contributed by atoms with van der Waals surface area (Å²) in [6.07, 6.45) is 0. The third-order valence-corrected chi connectivity index (χ3v) is 2.76. The average Bonchev–Trinajstić information content (AvgIpc) is 2.31. The molecule has 88 valence electrons. The molecule has 17 heavy (non-hydrogen) atoms. The first-order valence-electron chi connectivity index (χ1n) is 5.12. The highest BCUT2D eigenvalue weighted by Gasteiger charge is 2.10. The van der Waals surface area contributed by atoms with E-state index in [0.29, 0.717) is 16.4 Å². The molecule has 0 atom stereocenters. The molecular formula is C13H12ClFN2. The minimum Gasteiger partial charge on any atom is -0.399 e. The summed E-state index contributed by atoms with van der Waals surface area (Å²) in [5, 5.41) is 0.497. The molecule has 0 heterocycles. The molecule has 0 saturated carbocycles. The molecule has 0 amide bonds. The minimum absolute atomic E-state index is 0.320. The van der Waals surface area contributed by atoms with Crippen molar-refractivity contribution < 1.29 is 4.39 Å². The highest BCUT2D eigenvalue weighted by molar-refractivity contribution is 6.30. The summed E-state index contributed by atoms with van der Waals surface area (Å²) in [5.74, 6) is -0.320. The number of hydrogen-bond acceptors (Lipinski definition) is 2. The molecule has 0 aliphatic carbocycles. The lowest BCUT2D eigenvalue weighted by molar-refractivity contribution is 0.627. The first-order chi connectivity index (χ1) is 8.08. The van der Waals surface area contributed by atoms with Gasteiger partial charge in [-0.25, -0.2) is 4.39 Å². The minimum atomic E-state index is -0.320. The standard InChI is InChI=1S/C13H12ClFN2/c1-17(11-4-2-3-10(16)8-11)13-7-9(14)5-6-12(13)15/h2-8H,16H2,1H3. The average molecular weight is 251 g/mol. The Bertz CT molecular complexity index is 543. The van der Waals surface area contributed by atoms with Crippen molar-refractivity contribution in [2.45, 2.75) is 0 Å². The fourth-order valence-electron chi connectivity index (χ4n) is 1.62. The van der Waals surface area contributed by atoms with Crippen LogP contribution in [0.5, 0.6) is 0 Å².